The molecule has 1 amide bonds. The van der Waals surface area contributed by atoms with Crippen molar-refractivity contribution in [3.05, 3.63) is 23.8 Å². The molecule has 220 valence electrons. The maximum Gasteiger partial charge on any atom is 0.327 e. The number of hydrogen-bond acceptors (Lipinski definition) is 6. The molecular weight excluding hydrogens is 518 g/mol. The summed E-state index contributed by atoms with van der Waals surface area (Å²) in [6.07, 6.45) is 3.87. The molecule has 1 aliphatic rings. The number of nitrogens with one attached hydrogen (secondary N) is 1. The number of benzene rings is 1. The summed E-state index contributed by atoms with van der Waals surface area (Å²) in [6.45, 7) is 4.99. The first kappa shape index (κ1) is 34.3. The van der Waals surface area contributed by atoms with Gasteiger partial charge in [0.05, 0.1) is 19.8 Å². The lowest BCUT2D eigenvalue weighted by molar-refractivity contribution is -0.156. The van der Waals surface area contributed by atoms with Gasteiger partial charge in [0, 0.05) is 38.6 Å². The zero-order valence-corrected chi connectivity index (χ0v) is 24.0. The molecule has 1 aromatic carbocycles. The molecule has 0 saturated heterocycles. The summed E-state index contributed by atoms with van der Waals surface area (Å²) in [7, 11) is 3.24. The predicted molar refractivity (Wildman–Crippen MR) is 147 cm³/mol. The summed E-state index contributed by atoms with van der Waals surface area (Å²) in [5.41, 5.74) is 7.32. The van der Waals surface area contributed by atoms with Crippen LogP contribution in [0.1, 0.15) is 64.4 Å². The Balaban J connectivity index is 0.00000722. The van der Waals surface area contributed by atoms with Gasteiger partial charge in [-0.1, -0.05) is 39.2 Å². The number of amides is 1. The number of aliphatic hydroxyl groups excluding tert-OH is 1. The standard InChI is InChI=1S/C28H46F2N2O5.ClH/c1-19(2)21(15-20-11-12-25(36-4)26(16-20)37-14-8-13-35-3)17-23(31)24(33)18-32-27(34)28(29,30)22-9-6-5-7-10-22;/h11-12,16,19,21-24,33H,5-10,13-15,17-18,31H2,1-4H3,(H,32,34);1H/t21-,23-,24-;/m0./s1. The van der Waals surface area contributed by atoms with E-state index in [2.05, 4.69) is 19.2 Å². The molecule has 0 spiro atoms. The molecule has 2 rings (SSSR count). The van der Waals surface area contributed by atoms with E-state index in [1.165, 1.54) is 0 Å². The fourth-order valence-electron chi connectivity index (χ4n) is 4.86. The molecule has 1 fully saturated rings. The predicted octanol–water partition coefficient (Wildman–Crippen LogP) is 4.76. The summed E-state index contributed by atoms with van der Waals surface area (Å²) in [5, 5.41) is 12.8. The van der Waals surface area contributed by atoms with E-state index >= 15 is 0 Å². The quantitative estimate of drug-likeness (QED) is 0.250. The molecule has 0 radical (unpaired) electrons. The van der Waals surface area contributed by atoms with Crippen molar-refractivity contribution in [1.29, 1.82) is 0 Å². The Hall–Kier alpha value is -1.68. The summed E-state index contributed by atoms with van der Waals surface area (Å²) < 4.78 is 45.5. The van der Waals surface area contributed by atoms with Crippen LogP contribution in [-0.2, 0) is 16.0 Å². The van der Waals surface area contributed by atoms with Crippen LogP contribution in [0.15, 0.2) is 18.2 Å². The minimum absolute atomic E-state index is 0. The van der Waals surface area contributed by atoms with Crippen LogP contribution in [0, 0.1) is 17.8 Å². The molecule has 0 unspecified atom stereocenters. The molecule has 1 aliphatic carbocycles. The van der Waals surface area contributed by atoms with Crippen molar-refractivity contribution in [3.63, 3.8) is 0 Å². The molecule has 0 aromatic heterocycles. The number of hydrogen-bond donors (Lipinski definition) is 3. The van der Waals surface area contributed by atoms with Crippen molar-refractivity contribution in [2.75, 3.05) is 34.0 Å². The number of carbonyl (C=O) groups is 1. The topological polar surface area (TPSA) is 103 Å². The fraction of sp³-hybridized carbons (Fsp3) is 0.750. The zero-order chi connectivity index (χ0) is 27.4. The largest absolute Gasteiger partial charge is 0.493 e. The molecule has 7 nitrogen and oxygen atoms in total. The van der Waals surface area contributed by atoms with Gasteiger partial charge in [0.1, 0.15) is 0 Å². The highest BCUT2D eigenvalue weighted by Gasteiger charge is 2.47. The van der Waals surface area contributed by atoms with E-state index < -0.39 is 29.9 Å². The van der Waals surface area contributed by atoms with Gasteiger partial charge in [-0.05, 0) is 55.2 Å². The van der Waals surface area contributed by atoms with E-state index in [4.69, 9.17) is 19.9 Å². The van der Waals surface area contributed by atoms with Crippen molar-refractivity contribution in [1.82, 2.24) is 5.32 Å². The van der Waals surface area contributed by atoms with Crippen molar-refractivity contribution < 1.29 is 32.9 Å². The number of halogens is 3. The Morgan fingerprint density at radius 3 is 2.45 bits per heavy atom. The zero-order valence-electron chi connectivity index (χ0n) is 23.2. The van der Waals surface area contributed by atoms with Crippen LogP contribution in [0.25, 0.3) is 0 Å². The lowest BCUT2D eigenvalue weighted by Gasteiger charge is -2.30. The molecule has 3 atom stereocenters. The highest BCUT2D eigenvalue weighted by Crippen LogP contribution is 2.37. The van der Waals surface area contributed by atoms with Gasteiger partial charge in [0.2, 0.25) is 0 Å². The average molecular weight is 565 g/mol. The molecule has 1 saturated carbocycles. The SMILES string of the molecule is COCCCOc1cc(C[C@@H](C[C@H](N)[C@@H](O)CNC(=O)C(F)(F)C2CCCCC2)C(C)C)ccc1OC.Cl. The van der Waals surface area contributed by atoms with E-state index in [0.717, 1.165) is 18.4 Å². The maximum atomic E-state index is 14.6. The third kappa shape index (κ3) is 10.5. The molecule has 4 N–H and O–H groups in total. The lowest BCUT2D eigenvalue weighted by Crippen LogP contribution is -2.51. The number of ether oxygens (including phenoxy) is 3. The second-order valence-electron chi connectivity index (χ2n) is 10.5. The maximum absolute atomic E-state index is 14.6. The summed E-state index contributed by atoms with van der Waals surface area (Å²) in [6, 6.07) is 5.14. The Morgan fingerprint density at radius 2 is 1.84 bits per heavy atom. The molecular formula is C28H47ClF2N2O5. The molecule has 0 heterocycles. The summed E-state index contributed by atoms with van der Waals surface area (Å²) in [4.78, 5) is 12.2. The Bertz CT molecular complexity index is 824. The summed E-state index contributed by atoms with van der Waals surface area (Å²) in [5.74, 6) is -3.99. The smallest absolute Gasteiger partial charge is 0.327 e. The number of methoxy groups -OCH3 is 2. The minimum atomic E-state index is -3.43. The van der Waals surface area contributed by atoms with E-state index in [0.29, 0.717) is 63.2 Å². The second kappa shape index (κ2) is 17.1. The van der Waals surface area contributed by atoms with Crippen molar-refractivity contribution >= 4 is 18.3 Å². The van der Waals surface area contributed by atoms with Crippen LogP contribution in [0.2, 0.25) is 0 Å². The number of aliphatic hydroxyl groups is 1. The normalized spacial score (nSPS) is 16.9. The second-order valence-corrected chi connectivity index (χ2v) is 10.5. The number of rotatable bonds is 16. The van der Waals surface area contributed by atoms with E-state index in [9.17, 15) is 18.7 Å². The van der Waals surface area contributed by atoms with Gasteiger partial charge in [-0.15, -0.1) is 12.4 Å². The van der Waals surface area contributed by atoms with Crippen LogP contribution < -0.4 is 20.5 Å². The molecule has 38 heavy (non-hydrogen) atoms. The third-order valence-electron chi connectivity index (χ3n) is 7.38. The highest BCUT2D eigenvalue weighted by atomic mass is 35.5. The molecule has 0 bridgehead atoms. The van der Waals surface area contributed by atoms with Gasteiger partial charge in [-0.3, -0.25) is 4.79 Å². The molecule has 10 heteroatoms. The third-order valence-corrected chi connectivity index (χ3v) is 7.38. The van der Waals surface area contributed by atoms with Gasteiger partial charge in [0.15, 0.2) is 11.5 Å². The first-order valence-corrected chi connectivity index (χ1v) is 13.5. The van der Waals surface area contributed by atoms with E-state index in [-0.39, 0.29) is 30.8 Å². The number of carbonyl (C=O) groups excluding carboxylic acids is 1. The van der Waals surface area contributed by atoms with Gasteiger partial charge in [0.25, 0.3) is 5.91 Å². The van der Waals surface area contributed by atoms with E-state index in [1.807, 2.05) is 18.2 Å². The molecule has 1 aromatic rings. The first-order valence-electron chi connectivity index (χ1n) is 13.5. The average Bonchev–Trinajstić information content (AvgIpc) is 2.89. The monoisotopic (exact) mass is 564 g/mol. The Morgan fingerprint density at radius 1 is 1.16 bits per heavy atom. The number of nitrogens with two attached hydrogens (primary N) is 1. The minimum Gasteiger partial charge on any atom is -0.493 e. The van der Waals surface area contributed by atoms with Crippen LogP contribution in [-0.4, -0.2) is 63.1 Å². The number of alkyl halides is 2. The van der Waals surface area contributed by atoms with Crippen LogP contribution in [0.4, 0.5) is 8.78 Å². The lowest BCUT2D eigenvalue weighted by atomic mass is 9.83. The van der Waals surface area contributed by atoms with Gasteiger partial charge >= 0.3 is 5.92 Å². The Kier molecular flexibility index (Phi) is 15.5. The van der Waals surface area contributed by atoms with Crippen molar-refractivity contribution in [2.24, 2.45) is 23.5 Å². The van der Waals surface area contributed by atoms with Gasteiger partial charge in [-0.2, -0.15) is 8.78 Å². The summed E-state index contributed by atoms with van der Waals surface area (Å²) >= 11 is 0. The highest BCUT2D eigenvalue weighted by molar-refractivity contribution is 5.85. The van der Waals surface area contributed by atoms with Crippen LogP contribution in [0.5, 0.6) is 11.5 Å². The fourth-order valence-corrected chi connectivity index (χ4v) is 4.86. The van der Waals surface area contributed by atoms with Crippen LogP contribution in [0.3, 0.4) is 0 Å². The van der Waals surface area contributed by atoms with Crippen molar-refractivity contribution in [2.45, 2.75) is 83.3 Å². The van der Waals surface area contributed by atoms with E-state index in [1.54, 1.807) is 14.2 Å². The van der Waals surface area contributed by atoms with Gasteiger partial charge < -0.3 is 30.4 Å². The molecule has 0 aliphatic heterocycles. The van der Waals surface area contributed by atoms with Gasteiger partial charge in [-0.25, -0.2) is 0 Å². The Labute approximate surface area is 232 Å². The first-order chi connectivity index (χ1) is 17.6. The van der Waals surface area contributed by atoms with Crippen LogP contribution >= 0.6 is 12.4 Å². The van der Waals surface area contributed by atoms with Crippen molar-refractivity contribution in [3.8, 4) is 11.5 Å².